The number of nitrogens with zero attached hydrogens (tertiary/aromatic N) is 1. The molecule has 0 bridgehead atoms. The van der Waals surface area contributed by atoms with Gasteiger partial charge in [0, 0.05) is 10.9 Å². The van der Waals surface area contributed by atoms with E-state index in [1.54, 1.807) is 11.3 Å². The maximum Gasteiger partial charge on any atom is 0.263 e. The third-order valence-electron chi connectivity index (χ3n) is 4.29. The highest BCUT2D eigenvalue weighted by atomic mass is 32.1. The average molecular weight is 294 g/mol. The van der Waals surface area contributed by atoms with Gasteiger partial charge in [0.15, 0.2) is 4.77 Å². The first kappa shape index (κ1) is 13.1. The molecule has 0 saturated heterocycles. The lowest BCUT2D eigenvalue weighted by molar-refractivity contribution is 0.473. The zero-order valence-corrected chi connectivity index (χ0v) is 13.1. The van der Waals surface area contributed by atoms with E-state index >= 15 is 0 Å². The van der Waals surface area contributed by atoms with Gasteiger partial charge >= 0.3 is 0 Å². The molecule has 2 aromatic rings. The first-order chi connectivity index (χ1) is 8.99. The Labute approximate surface area is 121 Å². The fourth-order valence-electron chi connectivity index (χ4n) is 3.09. The first-order valence-electron chi connectivity index (χ1n) is 6.73. The van der Waals surface area contributed by atoms with Crippen LogP contribution in [0.25, 0.3) is 10.2 Å². The predicted octanol–water partition coefficient (Wildman–Crippen LogP) is 4.10. The fraction of sp³-hybridized carbons (Fsp3) is 0.571. The fourth-order valence-corrected chi connectivity index (χ4v) is 4.54. The number of aryl methyl sites for hydroxylation is 2. The van der Waals surface area contributed by atoms with Crippen molar-refractivity contribution in [3.8, 4) is 0 Å². The van der Waals surface area contributed by atoms with Gasteiger partial charge in [0.05, 0.1) is 5.39 Å². The number of hydrogen-bond acceptors (Lipinski definition) is 3. The largest absolute Gasteiger partial charge is 0.323 e. The molecule has 2 unspecified atom stereocenters. The predicted molar refractivity (Wildman–Crippen MR) is 82.8 cm³/mol. The lowest BCUT2D eigenvalue weighted by Crippen LogP contribution is -2.25. The molecule has 1 saturated carbocycles. The Bertz CT molecular complexity index is 753. The molecule has 2 heterocycles. The van der Waals surface area contributed by atoms with E-state index in [1.807, 2.05) is 11.5 Å². The molecule has 1 fully saturated rings. The maximum atomic E-state index is 12.8. The quantitative estimate of drug-likeness (QED) is 0.804. The van der Waals surface area contributed by atoms with Gasteiger partial charge in [0.25, 0.3) is 5.56 Å². The topological polar surface area (TPSA) is 37.8 Å². The van der Waals surface area contributed by atoms with Crippen LogP contribution in [0.3, 0.4) is 0 Å². The summed E-state index contributed by atoms with van der Waals surface area (Å²) in [6, 6.07) is 0.273. The normalized spacial score (nSPS) is 23.3. The molecule has 1 aliphatic rings. The summed E-state index contributed by atoms with van der Waals surface area (Å²) >= 11 is 7.03. The lowest BCUT2D eigenvalue weighted by atomic mass is 10.1. The van der Waals surface area contributed by atoms with Gasteiger partial charge in [-0.3, -0.25) is 9.36 Å². The summed E-state index contributed by atoms with van der Waals surface area (Å²) in [6.07, 6.45) is 3.31. The zero-order valence-electron chi connectivity index (χ0n) is 11.4. The second-order valence-electron chi connectivity index (χ2n) is 5.66. The Morgan fingerprint density at radius 3 is 2.74 bits per heavy atom. The molecule has 0 spiro atoms. The molecule has 0 radical (unpaired) electrons. The van der Waals surface area contributed by atoms with Crippen LogP contribution >= 0.6 is 23.6 Å². The van der Waals surface area contributed by atoms with Gasteiger partial charge < -0.3 is 4.98 Å². The van der Waals surface area contributed by atoms with E-state index < -0.39 is 0 Å². The van der Waals surface area contributed by atoms with E-state index in [0.717, 1.165) is 28.6 Å². The van der Waals surface area contributed by atoms with E-state index in [1.165, 1.54) is 11.3 Å². The second kappa shape index (κ2) is 4.56. The summed E-state index contributed by atoms with van der Waals surface area (Å²) in [5.74, 6) is 0.687. The van der Waals surface area contributed by atoms with Crippen molar-refractivity contribution in [1.82, 2.24) is 9.55 Å². The second-order valence-corrected chi connectivity index (χ2v) is 7.28. The van der Waals surface area contributed by atoms with Crippen molar-refractivity contribution in [1.29, 1.82) is 0 Å². The van der Waals surface area contributed by atoms with Gasteiger partial charge in [-0.2, -0.15) is 0 Å². The highest BCUT2D eigenvalue weighted by Crippen LogP contribution is 2.34. The van der Waals surface area contributed by atoms with Crippen molar-refractivity contribution in [3.63, 3.8) is 0 Å². The average Bonchev–Trinajstić information content (AvgIpc) is 2.85. The number of thiophene rings is 1. The highest BCUT2D eigenvalue weighted by Gasteiger charge is 2.25. The summed E-state index contributed by atoms with van der Waals surface area (Å²) in [7, 11) is 0. The molecule has 2 atom stereocenters. The minimum atomic E-state index is 0.0969. The van der Waals surface area contributed by atoms with Crippen LogP contribution in [0, 0.1) is 24.5 Å². The standard InChI is InChI=1S/C14H18N2OS2/c1-7-4-5-10(6-7)16-13(17)11-8(2)9(3)19-12(11)15-14(16)18/h7,10H,4-6H2,1-3H3,(H,15,18). The zero-order chi connectivity index (χ0) is 13.7. The van der Waals surface area contributed by atoms with Crippen LogP contribution in [0.2, 0.25) is 0 Å². The molecule has 1 aliphatic carbocycles. The smallest absolute Gasteiger partial charge is 0.263 e. The van der Waals surface area contributed by atoms with Crippen LogP contribution in [-0.2, 0) is 0 Å². The summed E-state index contributed by atoms with van der Waals surface area (Å²) in [4.78, 5) is 18.1. The van der Waals surface area contributed by atoms with Gasteiger partial charge in [-0.15, -0.1) is 11.3 Å². The Kier molecular flexibility index (Phi) is 3.14. The van der Waals surface area contributed by atoms with Crippen LogP contribution in [0.4, 0.5) is 0 Å². The van der Waals surface area contributed by atoms with Crippen LogP contribution in [-0.4, -0.2) is 9.55 Å². The number of rotatable bonds is 1. The number of aromatic amines is 1. The molecule has 1 N–H and O–H groups in total. The summed E-state index contributed by atoms with van der Waals surface area (Å²) in [5, 5.41) is 0.829. The van der Waals surface area contributed by atoms with Gasteiger partial charge in [-0.25, -0.2) is 0 Å². The Balaban J connectivity index is 2.28. The highest BCUT2D eigenvalue weighted by molar-refractivity contribution is 7.71. The maximum absolute atomic E-state index is 12.8. The van der Waals surface area contributed by atoms with Gasteiger partial charge in [-0.1, -0.05) is 6.92 Å². The number of H-pyrrole nitrogens is 1. The van der Waals surface area contributed by atoms with E-state index in [9.17, 15) is 4.79 Å². The molecule has 0 amide bonds. The third-order valence-corrected chi connectivity index (χ3v) is 5.71. The summed E-state index contributed by atoms with van der Waals surface area (Å²) in [6.45, 7) is 6.32. The molecule has 3 nitrogen and oxygen atoms in total. The van der Waals surface area contributed by atoms with E-state index in [2.05, 4.69) is 18.8 Å². The van der Waals surface area contributed by atoms with Crippen LogP contribution in [0.15, 0.2) is 4.79 Å². The number of fused-ring (bicyclic) bond motifs is 1. The third kappa shape index (κ3) is 1.99. The number of aromatic nitrogens is 2. The van der Waals surface area contributed by atoms with E-state index in [-0.39, 0.29) is 11.6 Å². The first-order valence-corrected chi connectivity index (χ1v) is 7.96. The number of nitrogens with one attached hydrogen (secondary N) is 1. The Morgan fingerprint density at radius 2 is 2.11 bits per heavy atom. The van der Waals surface area contributed by atoms with Crippen LogP contribution in [0.1, 0.15) is 42.7 Å². The van der Waals surface area contributed by atoms with Crippen LogP contribution in [0.5, 0.6) is 0 Å². The van der Waals surface area contributed by atoms with Gasteiger partial charge in [-0.05, 0) is 56.8 Å². The van der Waals surface area contributed by atoms with Crippen molar-refractivity contribution >= 4 is 33.8 Å². The molecule has 19 heavy (non-hydrogen) atoms. The summed E-state index contributed by atoms with van der Waals surface area (Å²) < 4.78 is 2.40. The SMILES string of the molecule is Cc1sc2[nH]c(=S)n(C3CCC(C)C3)c(=O)c2c1C. The molecular weight excluding hydrogens is 276 g/mol. The monoisotopic (exact) mass is 294 g/mol. The Hall–Kier alpha value is -0.940. The summed E-state index contributed by atoms with van der Waals surface area (Å²) in [5.41, 5.74) is 1.19. The van der Waals surface area contributed by atoms with E-state index in [4.69, 9.17) is 12.2 Å². The molecule has 0 aliphatic heterocycles. The van der Waals surface area contributed by atoms with E-state index in [0.29, 0.717) is 10.7 Å². The van der Waals surface area contributed by atoms with Crippen molar-refractivity contribution in [2.75, 3.05) is 0 Å². The van der Waals surface area contributed by atoms with Gasteiger partial charge in [0.2, 0.25) is 0 Å². The molecule has 102 valence electrons. The van der Waals surface area contributed by atoms with Crippen LogP contribution < -0.4 is 5.56 Å². The Morgan fingerprint density at radius 1 is 1.37 bits per heavy atom. The number of hydrogen-bond donors (Lipinski definition) is 1. The minimum absolute atomic E-state index is 0.0969. The van der Waals surface area contributed by atoms with Gasteiger partial charge in [0.1, 0.15) is 4.83 Å². The van der Waals surface area contributed by atoms with Crippen molar-refractivity contribution in [3.05, 3.63) is 25.6 Å². The molecule has 3 rings (SSSR count). The van der Waals surface area contributed by atoms with Crippen molar-refractivity contribution in [2.45, 2.75) is 46.1 Å². The molecule has 0 aromatic carbocycles. The van der Waals surface area contributed by atoms with Crippen molar-refractivity contribution in [2.24, 2.45) is 5.92 Å². The molecule has 5 heteroatoms. The minimum Gasteiger partial charge on any atom is -0.323 e. The molecular formula is C14H18N2OS2. The lowest BCUT2D eigenvalue weighted by Gasteiger charge is -2.14. The molecule has 2 aromatic heterocycles. The van der Waals surface area contributed by atoms with Crippen molar-refractivity contribution < 1.29 is 0 Å².